The summed E-state index contributed by atoms with van der Waals surface area (Å²) in [7, 11) is 0. The summed E-state index contributed by atoms with van der Waals surface area (Å²) in [6.07, 6.45) is 5.48. The molecule has 0 aliphatic heterocycles. The molecule has 0 aliphatic rings. The first-order chi connectivity index (χ1) is 5.86. The Morgan fingerprint density at radius 2 is 2.17 bits per heavy atom. The largest absolute Gasteiger partial charge is 0.290 e. The lowest BCUT2D eigenvalue weighted by molar-refractivity contribution is 0.993. The molecule has 0 saturated heterocycles. The average molecular weight is 159 g/mol. The summed E-state index contributed by atoms with van der Waals surface area (Å²) in [5.74, 6) is 0.901. The number of nitrogens with zero attached hydrogens (tertiary/aromatic N) is 3. The Hall–Kier alpha value is -1.64. The number of imidazole rings is 1. The van der Waals surface area contributed by atoms with Gasteiger partial charge in [-0.25, -0.2) is 9.97 Å². The highest BCUT2D eigenvalue weighted by Crippen LogP contribution is 2.03. The highest BCUT2D eigenvalue weighted by molar-refractivity contribution is 5.22. The van der Waals surface area contributed by atoms with E-state index in [4.69, 9.17) is 0 Å². The minimum atomic E-state index is 0.901. The molecule has 0 spiro atoms. The standard InChI is InChI=1S/C9H9N3/c1-8-6-12(7-11-8)9-4-2-3-5-10-9/h2-7H,1H3. The minimum Gasteiger partial charge on any atom is -0.290 e. The predicted octanol–water partition coefficient (Wildman–Crippen LogP) is 1.58. The van der Waals surface area contributed by atoms with Crippen LogP contribution in [0.5, 0.6) is 0 Å². The SMILES string of the molecule is Cc1cn(-c2ccccn2)cn1. The van der Waals surface area contributed by atoms with Crippen LogP contribution in [0.4, 0.5) is 0 Å². The molecule has 0 bridgehead atoms. The fourth-order valence-corrected chi connectivity index (χ4v) is 1.05. The third-order valence-corrected chi connectivity index (χ3v) is 1.63. The lowest BCUT2D eigenvalue weighted by Crippen LogP contribution is -1.91. The van der Waals surface area contributed by atoms with Gasteiger partial charge in [0.1, 0.15) is 12.1 Å². The van der Waals surface area contributed by atoms with Gasteiger partial charge in [-0.15, -0.1) is 0 Å². The van der Waals surface area contributed by atoms with E-state index in [1.165, 1.54) is 0 Å². The molecule has 12 heavy (non-hydrogen) atoms. The predicted molar refractivity (Wildman–Crippen MR) is 46.1 cm³/mol. The van der Waals surface area contributed by atoms with E-state index in [-0.39, 0.29) is 0 Å². The molecule has 0 atom stereocenters. The van der Waals surface area contributed by atoms with Gasteiger partial charge in [-0.05, 0) is 19.1 Å². The van der Waals surface area contributed by atoms with Gasteiger partial charge >= 0.3 is 0 Å². The van der Waals surface area contributed by atoms with Crippen molar-refractivity contribution in [2.24, 2.45) is 0 Å². The summed E-state index contributed by atoms with van der Waals surface area (Å²) in [6, 6.07) is 5.80. The first-order valence-corrected chi connectivity index (χ1v) is 3.78. The molecule has 0 radical (unpaired) electrons. The van der Waals surface area contributed by atoms with Crippen LogP contribution in [0.15, 0.2) is 36.9 Å². The van der Waals surface area contributed by atoms with Crippen LogP contribution in [-0.2, 0) is 0 Å². The van der Waals surface area contributed by atoms with Crippen molar-refractivity contribution in [3.8, 4) is 5.82 Å². The zero-order valence-electron chi connectivity index (χ0n) is 6.81. The van der Waals surface area contributed by atoms with Gasteiger partial charge in [-0.2, -0.15) is 0 Å². The normalized spacial score (nSPS) is 10.1. The highest BCUT2D eigenvalue weighted by Gasteiger charge is 1.95. The molecule has 0 aromatic carbocycles. The van der Waals surface area contributed by atoms with Crippen molar-refractivity contribution < 1.29 is 0 Å². The van der Waals surface area contributed by atoms with E-state index in [0.29, 0.717) is 0 Å². The molecule has 0 fully saturated rings. The van der Waals surface area contributed by atoms with Crippen molar-refractivity contribution in [2.75, 3.05) is 0 Å². The fourth-order valence-electron chi connectivity index (χ4n) is 1.05. The number of rotatable bonds is 1. The molecular formula is C9H9N3. The monoisotopic (exact) mass is 159 g/mol. The number of aromatic nitrogens is 3. The van der Waals surface area contributed by atoms with Gasteiger partial charge in [-0.1, -0.05) is 6.07 Å². The minimum absolute atomic E-state index is 0.901. The highest BCUT2D eigenvalue weighted by atomic mass is 15.1. The third-order valence-electron chi connectivity index (χ3n) is 1.63. The van der Waals surface area contributed by atoms with Gasteiger partial charge in [0.2, 0.25) is 0 Å². The van der Waals surface area contributed by atoms with Gasteiger partial charge in [0, 0.05) is 12.4 Å². The van der Waals surface area contributed by atoms with E-state index < -0.39 is 0 Å². The Kier molecular flexibility index (Phi) is 1.63. The molecular weight excluding hydrogens is 150 g/mol. The van der Waals surface area contributed by atoms with Gasteiger partial charge in [-0.3, -0.25) is 4.57 Å². The Balaban J connectivity index is 2.45. The summed E-state index contributed by atoms with van der Waals surface area (Å²) in [5, 5.41) is 0. The summed E-state index contributed by atoms with van der Waals surface area (Å²) in [5.41, 5.74) is 1.00. The van der Waals surface area contributed by atoms with E-state index in [9.17, 15) is 0 Å². The molecule has 60 valence electrons. The molecule has 2 rings (SSSR count). The third kappa shape index (κ3) is 1.21. The molecule has 3 nitrogen and oxygen atoms in total. The Labute approximate surface area is 70.7 Å². The summed E-state index contributed by atoms with van der Waals surface area (Å²) in [4.78, 5) is 8.30. The van der Waals surface area contributed by atoms with Crippen LogP contribution < -0.4 is 0 Å². The average Bonchev–Trinajstić information content (AvgIpc) is 2.54. The topological polar surface area (TPSA) is 30.7 Å². The van der Waals surface area contributed by atoms with Crippen LogP contribution in [0.1, 0.15) is 5.69 Å². The number of hydrogen-bond acceptors (Lipinski definition) is 2. The second kappa shape index (κ2) is 2.77. The smallest absolute Gasteiger partial charge is 0.137 e. The molecule has 0 N–H and O–H groups in total. The fraction of sp³-hybridized carbons (Fsp3) is 0.111. The summed E-state index contributed by atoms with van der Waals surface area (Å²) < 4.78 is 1.90. The molecule has 2 aromatic rings. The van der Waals surface area contributed by atoms with Crippen LogP contribution >= 0.6 is 0 Å². The lowest BCUT2D eigenvalue weighted by Gasteiger charge is -1.97. The van der Waals surface area contributed by atoms with Crippen molar-refractivity contribution in [1.29, 1.82) is 0 Å². The number of hydrogen-bond donors (Lipinski definition) is 0. The molecule has 0 aliphatic carbocycles. The van der Waals surface area contributed by atoms with E-state index in [1.54, 1.807) is 12.5 Å². The van der Waals surface area contributed by atoms with Gasteiger partial charge in [0.15, 0.2) is 0 Å². The van der Waals surface area contributed by atoms with E-state index in [0.717, 1.165) is 11.5 Å². The van der Waals surface area contributed by atoms with Gasteiger partial charge < -0.3 is 0 Å². The summed E-state index contributed by atoms with van der Waals surface area (Å²) in [6.45, 7) is 1.96. The van der Waals surface area contributed by atoms with E-state index >= 15 is 0 Å². The maximum atomic E-state index is 4.19. The van der Waals surface area contributed by atoms with Crippen LogP contribution in [0.3, 0.4) is 0 Å². The lowest BCUT2D eigenvalue weighted by atomic mass is 10.4. The maximum Gasteiger partial charge on any atom is 0.137 e. The molecule has 0 unspecified atom stereocenters. The summed E-state index contributed by atoms with van der Waals surface area (Å²) >= 11 is 0. The van der Waals surface area contributed by atoms with Crippen molar-refractivity contribution in [2.45, 2.75) is 6.92 Å². The molecule has 2 heterocycles. The Bertz CT molecular complexity index is 364. The molecule has 2 aromatic heterocycles. The second-order valence-electron chi connectivity index (χ2n) is 2.61. The van der Waals surface area contributed by atoms with Crippen molar-refractivity contribution in [3.63, 3.8) is 0 Å². The van der Waals surface area contributed by atoms with Crippen molar-refractivity contribution >= 4 is 0 Å². The number of aryl methyl sites for hydroxylation is 1. The maximum absolute atomic E-state index is 4.19. The van der Waals surface area contributed by atoms with Gasteiger partial charge in [0.25, 0.3) is 0 Å². The molecule has 0 saturated carbocycles. The number of pyridine rings is 1. The molecule has 0 amide bonds. The van der Waals surface area contributed by atoms with Crippen LogP contribution in [-0.4, -0.2) is 14.5 Å². The Morgan fingerprint density at radius 1 is 1.25 bits per heavy atom. The van der Waals surface area contributed by atoms with E-state index in [2.05, 4.69) is 9.97 Å². The zero-order valence-corrected chi connectivity index (χ0v) is 6.81. The van der Waals surface area contributed by atoms with E-state index in [1.807, 2.05) is 35.9 Å². The van der Waals surface area contributed by atoms with Crippen LogP contribution in [0, 0.1) is 6.92 Å². The first-order valence-electron chi connectivity index (χ1n) is 3.78. The zero-order chi connectivity index (χ0) is 8.39. The van der Waals surface area contributed by atoms with Crippen LogP contribution in [0.2, 0.25) is 0 Å². The van der Waals surface area contributed by atoms with Gasteiger partial charge in [0.05, 0.1) is 5.69 Å². The molecule has 3 heteroatoms. The Morgan fingerprint density at radius 3 is 2.75 bits per heavy atom. The second-order valence-corrected chi connectivity index (χ2v) is 2.61. The van der Waals surface area contributed by atoms with Crippen molar-refractivity contribution in [3.05, 3.63) is 42.6 Å². The van der Waals surface area contributed by atoms with Crippen molar-refractivity contribution in [1.82, 2.24) is 14.5 Å². The van der Waals surface area contributed by atoms with Crippen LogP contribution in [0.25, 0.3) is 5.82 Å². The first kappa shape index (κ1) is 7.03. The quantitative estimate of drug-likeness (QED) is 0.632.